The summed E-state index contributed by atoms with van der Waals surface area (Å²) < 4.78 is 26.3. The molecular weight excluding hydrogens is 448 g/mol. The van der Waals surface area contributed by atoms with Crippen molar-refractivity contribution in [2.24, 2.45) is 0 Å². The molecule has 33 heavy (non-hydrogen) atoms. The van der Waals surface area contributed by atoms with E-state index in [9.17, 15) is 35.1 Å². The lowest BCUT2D eigenvalue weighted by atomic mass is 9.98. The number of phenolic OH excluding ortho intramolecular Hbond substituents is 1. The first kappa shape index (κ1) is 26.4. The van der Waals surface area contributed by atoms with E-state index in [0.717, 1.165) is 6.92 Å². The molecule has 13 heteroatoms. The van der Waals surface area contributed by atoms with E-state index in [-0.39, 0.29) is 23.0 Å². The van der Waals surface area contributed by atoms with Crippen LogP contribution in [0.25, 0.3) is 0 Å². The van der Waals surface area contributed by atoms with E-state index in [2.05, 4.69) is 0 Å². The van der Waals surface area contributed by atoms with E-state index in [1.54, 1.807) is 0 Å². The van der Waals surface area contributed by atoms with Gasteiger partial charge in [0.1, 0.15) is 36.8 Å². The van der Waals surface area contributed by atoms with Crippen LogP contribution in [0.4, 0.5) is 0 Å². The molecule has 0 saturated carbocycles. The molecule has 1 unspecified atom stereocenters. The highest BCUT2D eigenvalue weighted by Crippen LogP contribution is 2.42. The Morgan fingerprint density at radius 1 is 1.03 bits per heavy atom. The van der Waals surface area contributed by atoms with Crippen LogP contribution in [0.15, 0.2) is 12.1 Å². The van der Waals surface area contributed by atoms with Crippen LogP contribution in [0.2, 0.25) is 0 Å². The van der Waals surface area contributed by atoms with Crippen LogP contribution < -0.4 is 14.2 Å². The van der Waals surface area contributed by atoms with Gasteiger partial charge >= 0.3 is 11.9 Å². The highest BCUT2D eigenvalue weighted by atomic mass is 16.7. The Hall–Kier alpha value is -2.84. The summed E-state index contributed by atoms with van der Waals surface area (Å²) in [7, 11) is 2.58. The summed E-state index contributed by atoms with van der Waals surface area (Å²) in [5, 5.41) is 59.2. The molecule has 1 saturated heterocycles. The minimum absolute atomic E-state index is 0.0203. The number of carboxylic acid groups (broad SMARTS) is 1. The second-order valence-corrected chi connectivity index (χ2v) is 7.74. The standard InChI is InChI=1S/C20H28O13/c1-20(28,6-13(22)23)7-14(24)31-8-12-15(25)16(26)17(27)19(32-12)33-18-10(29-2)4-9(21)5-11(18)30-3/h4-5,12,15-17,19,21,25-28H,6-8H2,1-3H3,(H,22,23)/t12-,15-,16+,17-,19+,20?/m1/s1. The number of aliphatic carboxylic acids is 1. The average Bonchev–Trinajstić information content (AvgIpc) is 2.72. The number of methoxy groups -OCH3 is 2. The molecule has 186 valence electrons. The van der Waals surface area contributed by atoms with Gasteiger partial charge in [-0.2, -0.15) is 0 Å². The molecule has 1 aromatic carbocycles. The molecule has 2 rings (SSSR count). The summed E-state index contributed by atoms with van der Waals surface area (Å²) in [6, 6.07) is 2.42. The van der Waals surface area contributed by atoms with Crippen molar-refractivity contribution in [3.8, 4) is 23.0 Å². The number of esters is 1. The smallest absolute Gasteiger partial charge is 0.308 e. The van der Waals surface area contributed by atoms with Gasteiger partial charge in [0.15, 0.2) is 11.5 Å². The number of hydrogen-bond acceptors (Lipinski definition) is 12. The normalized spacial score (nSPS) is 26.7. The lowest BCUT2D eigenvalue weighted by Crippen LogP contribution is -2.60. The van der Waals surface area contributed by atoms with E-state index in [1.165, 1.54) is 26.4 Å². The monoisotopic (exact) mass is 476 g/mol. The molecule has 0 aliphatic carbocycles. The maximum atomic E-state index is 12.0. The Kier molecular flexibility index (Phi) is 8.69. The van der Waals surface area contributed by atoms with Gasteiger partial charge in [0.05, 0.1) is 32.7 Å². The zero-order valence-corrected chi connectivity index (χ0v) is 18.2. The minimum atomic E-state index is -1.86. The summed E-state index contributed by atoms with van der Waals surface area (Å²) in [5.41, 5.74) is -1.86. The van der Waals surface area contributed by atoms with Gasteiger partial charge in [-0.3, -0.25) is 9.59 Å². The van der Waals surface area contributed by atoms with Crippen LogP contribution in [0.1, 0.15) is 19.8 Å². The third-order valence-electron chi connectivity index (χ3n) is 4.81. The molecular formula is C20H28O13. The molecule has 0 bridgehead atoms. The molecule has 1 aliphatic heterocycles. The Morgan fingerprint density at radius 2 is 1.61 bits per heavy atom. The molecule has 1 heterocycles. The van der Waals surface area contributed by atoms with Crippen LogP contribution in [0.5, 0.6) is 23.0 Å². The SMILES string of the molecule is COc1cc(O)cc(OC)c1O[C@@H]1O[C@H](COC(=O)CC(C)(O)CC(=O)O)[C@@H](O)[C@H](O)[C@H]1O. The van der Waals surface area contributed by atoms with Gasteiger partial charge in [-0.25, -0.2) is 0 Å². The molecule has 6 atom stereocenters. The number of carbonyl (C=O) groups excluding carboxylic acids is 1. The number of aromatic hydroxyl groups is 1. The van der Waals surface area contributed by atoms with Crippen LogP contribution in [-0.2, 0) is 19.1 Å². The second kappa shape index (κ2) is 10.9. The molecule has 1 aromatic rings. The number of carboxylic acids is 1. The number of ether oxygens (including phenoxy) is 5. The topological polar surface area (TPSA) is 202 Å². The minimum Gasteiger partial charge on any atom is -0.508 e. The van der Waals surface area contributed by atoms with E-state index in [1.807, 2.05) is 0 Å². The van der Waals surface area contributed by atoms with Crippen molar-refractivity contribution in [2.45, 2.75) is 56.1 Å². The quantitative estimate of drug-likeness (QED) is 0.219. The fourth-order valence-corrected chi connectivity index (χ4v) is 3.18. The van der Waals surface area contributed by atoms with E-state index < -0.39 is 67.7 Å². The summed E-state index contributed by atoms with van der Waals surface area (Å²) in [5.74, 6) is -2.52. The number of aliphatic hydroxyl groups is 4. The first-order chi connectivity index (χ1) is 15.4. The molecule has 1 fully saturated rings. The van der Waals surface area contributed by atoms with E-state index in [4.69, 9.17) is 28.8 Å². The van der Waals surface area contributed by atoms with Crippen molar-refractivity contribution >= 4 is 11.9 Å². The fourth-order valence-electron chi connectivity index (χ4n) is 3.18. The first-order valence-electron chi connectivity index (χ1n) is 9.79. The van der Waals surface area contributed by atoms with Gasteiger partial charge in [0, 0.05) is 12.1 Å². The van der Waals surface area contributed by atoms with Gasteiger partial charge in [0.25, 0.3) is 0 Å². The highest BCUT2D eigenvalue weighted by Gasteiger charge is 2.46. The van der Waals surface area contributed by atoms with Gasteiger partial charge in [0.2, 0.25) is 12.0 Å². The number of hydrogen-bond donors (Lipinski definition) is 6. The van der Waals surface area contributed by atoms with Gasteiger partial charge in [-0.15, -0.1) is 0 Å². The number of aliphatic hydroxyl groups excluding tert-OH is 3. The Morgan fingerprint density at radius 3 is 2.12 bits per heavy atom. The summed E-state index contributed by atoms with van der Waals surface area (Å²) >= 11 is 0. The van der Waals surface area contributed by atoms with Crippen LogP contribution in [-0.4, -0.2) is 99.7 Å². The largest absolute Gasteiger partial charge is 0.508 e. The summed E-state index contributed by atoms with van der Waals surface area (Å²) in [6.45, 7) is 0.549. The molecule has 0 spiro atoms. The summed E-state index contributed by atoms with van der Waals surface area (Å²) in [4.78, 5) is 22.7. The maximum Gasteiger partial charge on any atom is 0.308 e. The maximum absolute atomic E-state index is 12.0. The van der Waals surface area contributed by atoms with Gasteiger partial charge in [-0.05, 0) is 6.92 Å². The van der Waals surface area contributed by atoms with Crippen molar-refractivity contribution < 1.29 is 63.9 Å². The second-order valence-electron chi connectivity index (χ2n) is 7.74. The fraction of sp³-hybridized carbons (Fsp3) is 0.600. The van der Waals surface area contributed by atoms with E-state index in [0.29, 0.717) is 0 Å². The zero-order chi connectivity index (χ0) is 24.9. The third-order valence-corrected chi connectivity index (χ3v) is 4.81. The van der Waals surface area contributed by atoms with Crippen molar-refractivity contribution in [1.29, 1.82) is 0 Å². The molecule has 1 aliphatic rings. The molecule has 6 N–H and O–H groups in total. The average molecular weight is 476 g/mol. The Balaban J connectivity index is 2.11. The third kappa shape index (κ3) is 6.82. The molecule has 0 amide bonds. The number of rotatable bonds is 10. The number of benzene rings is 1. The van der Waals surface area contributed by atoms with Crippen LogP contribution in [0, 0.1) is 0 Å². The predicted octanol–water partition coefficient (Wildman–Crippen LogP) is -1.25. The first-order valence-corrected chi connectivity index (χ1v) is 9.79. The van der Waals surface area contributed by atoms with Crippen molar-refractivity contribution in [2.75, 3.05) is 20.8 Å². The highest BCUT2D eigenvalue weighted by molar-refractivity contribution is 5.73. The molecule has 13 nitrogen and oxygen atoms in total. The van der Waals surface area contributed by atoms with Gasteiger partial charge in [-0.1, -0.05) is 0 Å². The lowest BCUT2D eigenvalue weighted by molar-refractivity contribution is -0.279. The van der Waals surface area contributed by atoms with Crippen LogP contribution in [0.3, 0.4) is 0 Å². The predicted molar refractivity (Wildman–Crippen MR) is 107 cm³/mol. The number of phenols is 1. The van der Waals surface area contributed by atoms with Crippen LogP contribution >= 0.6 is 0 Å². The van der Waals surface area contributed by atoms with Crippen molar-refractivity contribution in [3.05, 3.63) is 12.1 Å². The zero-order valence-electron chi connectivity index (χ0n) is 18.2. The van der Waals surface area contributed by atoms with Gasteiger partial charge < -0.3 is 54.3 Å². The number of carbonyl (C=O) groups is 2. The lowest BCUT2D eigenvalue weighted by Gasteiger charge is -2.40. The molecule has 0 aromatic heterocycles. The Labute approximate surface area is 188 Å². The summed E-state index contributed by atoms with van der Waals surface area (Å²) in [6.07, 6.45) is -9.42. The van der Waals surface area contributed by atoms with E-state index >= 15 is 0 Å². The molecule has 0 radical (unpaired) electrons. The van der Waals surface area contributed by atoms with Crippen molar-refractivity contribution in [3.63, 3.8) is 0 Å². The Bertz CT molecular complexity index is 814. The van der Waals surface area contributed by atoms with Crippen molar-refractivity contribution in [1.82, 2.24) is 0 Å².